The quantitative estimate of drug-likeness (QED) is 0.186. The number of rotatable bonds is 11. The number of hydrogen-bond acceptors (Lipinski definition) is 7. The number of ether oxygens (including phenoxy) is 1. The third-order valence-electron chi connectivity index (χ3n) is 6.10. The van der Waals surface area contributed by atoms with Gasteiger partial charge in [0.2, 0.25) is 10.0 Å². The first-order chi connectivity index (χ1) is 18.3. The van der Waals surface area contributed by atoms with Gasteiger partial charge in [0.1, 0.15) is 10.0 Å². The molecule has 0 bridgehead atoms. The van der Waals surface area contributed by atoms with E-state index in [1.807, 2.05) is 56.4 Å². The average Bonchev–Trinajstić information content (AvgIpc) is 3.46. The smallest absolute Gasteiger partial charge is 0.266 e. The summed E-state index contributed by atoms with van der Waals surface area (Å²) >= 11 is 6.72. The van der Waals surface area contributed by atoms with Crippen LogP contribution in [0.1, 0.15) is 25.8 Å². The molecule has 0 atom stereocenters. The second kappa shape index (κ2) is 12.4. The van der Waals surface area contributed by atoms with Crippen molar-refractivity contribution in [1.29, 1.82) is 0 Å². The minimum absolute atomic E-state index is 0.160. The van der Waals surface area contributed by atoms with Crippen LogP contribution in [0.15, 0.2) is 70.6 Å². The Balaban J connectivity index is 1.78. The molecule has 0 spiro atoms. The van der Waals surface area contributed by atoms with Gasteiger partial charge in [0.05, 0.1) is 15.5 Å². The zero-order chi connectivity index (χ0) is 27.3. The van der Waals surface area contributed by atoms with Crippen molar-refractivity contribution in [1.82, 2.24) is 19.0 Å². The van der Waals surface area contributed by atoms with Crippen LogP contribution < -0.4 is 0 Å². The van der Waals surface area contributed by atoms with Gasteiger partial charge in [0.25, 0.3) is 5.91 Å². The van der Waals surface area contributed by atoms with E-state index in [0.717, 1.165) is 5.69 Å². The average molecular weight is 571 g/mol. The standard InChI is InChI=1S/C27H30N4O4S3/c1-4-29(5-2)38(33,34)23-14-9-11-20(17-23)25-21(19-31(28-25)22-12-7-6-8-13-22)18-24-26(32)30(27(36)37-24)15-10-16-35-3/h6-9,11-14,17-19H,4-5,10,15-16H2,1-3H3/b24-18-. The highest BCUT2D eigenvalue weighted by atomic mass is 32.2. The summed E-state index contributed by atoms with van der Waals surface area (Å²) < 4.78 is 35.2. The van der Waals surface area contributed by atoms with E-state index < -0.39 is 10.0 Å². The number of nitrogens with zero attached hydrogens (tertiary/aromatic N) is 4. The van der Waals surface area contributed by atoms with Crippen molar-refractivity contribution in [3.8, 4) is 16.9 Å². The molecule has 0 saturated carbocycles. The van der Waals surface area contributed by atoms with E-state index in [-0.39, 0.29) is 10.8 Å². The third-order valence-corrected chi connectivity index (χ3v) is 9.53. The summed E-state index contributed by atoms with van der Waals surface area (Å²) in [5.41, 5.74) is 2.72. The molecule has 1 fully saturated rings. The van der Waals surface area contributed by atoms with Gasteiger partial charge in [-0.25, -0.2) is 13.1 Å². The van der Waals surface area contributed by atoms with Crippen molar-refractivity contribution in [2.45, 2.75) is 25.2 Å². The molecular weight excluding hydrogens is 541 g/mol. The largest absolute Gasteiger partial charge is 0.385 e. The first kappa shape index (κ1) is 28.2. The maximum Gasteiger partial charge on any atom is 0.266 e. The lowest BCUT2D eigenvalue weighted by Crippen LogP contribution is -2.30. The molecule has 0 radical (unpaired) electrons. The normalized spacial score (nSPS) is 15.3. The number of aromatic nitrogens is 2. The van der Waals surface area contributed by atoms with Gasteiger partial charge in [0, 0.05) is 50.7 Å². The highest BCUT2D eigenvalue weighted by molar-refractivity contribution is 8.26. The van der Waals surface area contributed by atoms with Crippen LogP contribution in [0, 0.1) is 0 Å². The molecule has 0 unspecified atom stereocenters. The Hall–Kier alpha value is -2.83. The van der Waals surface area contributed by atoms with Crippen molar-refractivity contribution >= 4 is 50.3 Å². The lowest BCUT2D eigenvalue weighted by molar-refractivity contribution is -0.122. The van der Waals surface area contributed by atoms with Crippen LogP contribution in [0.3, 0.4) is 0 Å². The monoisotopic (exact) mass is 570 g/mol. The van der Waals surface area contributed by atoms with Crippen molar-refractivity contribution in [3.63, 3.8) is 0 Å². The molecular formula is C27H30N4O4S3. The maximum absolute atomic E-state index is 13.2. The summed E-state index contributed by atoms with van der Waals surface area (Å²) in [7, 11) is -2.03. The van der Waals surface area contributed by atoms with Gasteiger partial charge < -0.3 is 4.74 Å². The second-order valence-electron chi connectivity index (χ2n) is 8.51. The van der Waals surface area contributed by atoms with Gasteiger partial charge in [-0.05, 0) is 36.8 Å². The Morgan fingerprint density at radius 2 is 1.84 bits per heavy atom. The van der Waals surface area contributed by atoms with Crippen LogP contribution in [0.25, 0.3) is 23.0 Å². The molecule has 2 aromatic carbocycles. The molecule has 8 nitrogen and oxygen atoms in total. The van der Waals surface area contributed by atoms with Crippen LogP contribution in [0.5, 0.6) is 0 Å². The molecule has 3 aromatic rings. The van der Waals surface area contributed by atoms with Gasteiger partial charge in [0.15, 0.2) is 0 Å². The molecule has 1 amide bonds. The molecule has 1 aromatic heterocycles. The molecule has 1 aliphatic rings. The van der Waals surface area contributed by atoms with Gasteiger partial charge >= 0.3 is 0 Å². The maximum atomic E-state index is 13.2. The molecule has 38 heavy (non-hydrogen) atoms. The van der Waals surface area contributed by atoms with E-state index in [9.17, 15) is 13.2 Å². The second-order valence-corrected chi connectivity index (χ2v) is 12.1. The Morgan fingerprint density at radius 1 is 1.11 bits per heavy atom. The topological polar surface area (TPSA) is 84.7 Å². The zero-order valence-corrected chi connectivity index (χ0v) is 24.0. The number of methoxy groups -OCH3 is 1. The zero-order valence-electron chi connectivity index (χ0n) is 21.5. The summed E-state index contributed by atoms with van der Waals surface area (Å²) in [6, 6.07) is 16.4. The number of benzene rings is 2. The lowest BCUT2D eigenvalue weighted by atomic mass is 10.1. The molecule has 0 aliphatic carbocycles. The first-order valence-corrected chi connectivity index (χ1v) is 15.0. The number of thioether (sulfide) groups is 1. The fourth-order valence-corrected chi connectivity index (χ4v) is 6.95. The van der Waals surface area contributed by atoms with Gasteiger partial charge in [-0.2, -0.15) is 9.40 Å². The molecule has 11 heteroatoms. The molecule has 1 saturated heterocycles. The van der Waals surface area contributed by atoms with E-state index >= 15 is 0 Å². The fraction of sp³-hybridized carbons (Fsp3) is 0.296. The number of sulfonamides is 1. The van der Waals surface area contributed by atoms with Gasteiger partial charge in [-0.1, -0.05) is 68.2 Å². The predicted octanol–water partition coefficient (Wildman–Crippen LogP) is 4.81. The Kier molecular flexibility index (Phi) is 9.16. The summed E-state index contributed by atoms with van der Waals surface area (Å²) in [5.74, 6) is -0.160. The van der Waals surface area contributed by atoms with Crippen molar-refractivity contribution < 1.29 is 17.9 Å². The van der Waals surface area contributed by atoms with Crippen molar-refractivity contribution in [2.24, 2.45) is 0 Å². The Morgan fingerprint density at radius 3 is 2.53 bits per heavy atom. The number of carbonyl (C=O) groups is 1. The van der Waals surface area contributed by atoms with Crippen LogP contribution in [-0.2, 0) is 19.6 Å². The molecule has 1 aliphatic heterocycles. The third kappa shape index (κ3) is 5.92. The number of para-hydroxylation sites is 1. The molecule has 0 N–H and O–H groups in total. The summed E-state index contributed by atoms with van der Waals surface area (Å²) in [6.45, 7) is 5.41. The highest BCUT2D eigenvalue weighted by Gasteiger charge is 2.32. The van der Waals surface area contributed by atoms with E-state index in [4.69, 9.17) is 22.1 Å². The minimum atomic E-state index is -3.66. The van der Waals surface area contributed by atoms with Gasteiger partial charge in [-0.3, -0.25) is 9.69 Å². The number of amides is 1. The lowest BCUT2D eigenvalue weighted by Gasteiger charge is -2.18. The Bertz CT molecular complexity index is 1450. The highest BCUT2D eigenvalue weighted by Crippen LogP contribution is 2.35. The number of hydrogen-bond donors (Lipinski definition) is 0. The predicted molar refractivity (Wildman–Crippen MR) is 155 cm³/mol. The minimum Gasteiger partial charge on any atom is -0.385 e. The molecule has 4 rings (SSSR count). The molecule has 200 valence electrons. The van der Waals surface area contributed by atoms with E-state index in [1.54, 1.807) is 41.0 Å². The Labute approximate surface area is 233 Å². The van der Waals surface area contributed by atoms with E-state index in [1.165, 1.54) is 16.1 Å². The van der Waals surface area contributed by atoms with Gasteiger partial charge in [-0.15, -0.1) is 0 Å². The van der Waals surface area contributed by atoms with Crippen molar-refractivity contribution in [3.05, 3.63) is 71.3 Å². The first-order valence-electron chi connectivity index (χ1n) is 12.3. The van der Waals surface area contributed by atoms with Crippen LogP contribution in [-0.4, -0.2) is 71.0 Å². The SMILES string of the molecule is CCN(CC)S(=O)(=O)c1cccc(-c2nn(-c3ccccc3)cc2/C=C2\SC(=S)N(CCCOC)C2=O)c1. The van der Waals surface area contributed by atoms with Crippen LogP contribution >= 0.6 is 24.0 Å². The van der Waals surface area contributed by atoms with E-state index in [2.05, 4.69) is 0 Å². The van der Waals surface area contributed by atoms with Crippen molar-refractivity contribution in [2.75, 3.05) is 33.4 Å². The molecule has 2 heterocycles. The number of carbonyl (C=O) groups excluding carboxylic acids is 1. The van der Waals surface area contributed by atoms with Crippen LogP contribution in [0.2, 0.25) is 0 Å². The summed E-state index contributed by atoms with van der Waals surface area (Å²) in [5, 5.41) is 4.80. The fourth-order valence-electron chi connectivity index (χ4n) is 4.15. The summed E-state index contributed by atoms with van der Waals surface area (Å²) in [4.78, 5) is 15.4. The van der Waals surface area contributed by atoms with E-state index in [0.29, 0.717) is 58.7 Å². The summed E-state index contributed by atoms with van der Waals surface area (Å²) in [6.07, 6.45) is 4.30. The number of thiocarbonyl (C=S) groups is 1. The van der Waals surface area contributed by atoms with Crippen LogP contribution in [0.4, 0.5) is 0 Å².